The standard InChI is InChI=1S/C10H13F3N4O2/c1-14-8-3-2-7(15-16-8)9(19)17(4-5-18)6-10(11,12)13/h2-3,18H,4-6H2,1H3,(H,14,16). The SMILES string of the molecule is CNc1ccc(C(=O)N(CCO)CC(F)(F)F)nn1. The van der Waals surface area contributed by atoms with Crippen LogP contribution >= 0.6 is 0 Å². The second-order valence-corrected chi connectivity index (χ2v) is 3.62. The van der Waals surface area contributed by atoms with Gasteiger partial charge in [0.05, 0.1) is 6.61 Å². The van der Waals surface area contributed by atoms with Gasteiger partial charge in [-0.2, -0.15) is 13.2 Å². The van der Waals surface area contributed by atoms with Crippen molar-refractivity contribution in [1.29, 1.82) is 0 Å². The van der Waals surface area contributed by atoms with Crippen LogP contribution in [0.15, 0.2) is 12.1 Å². The Morgan fingerprint density at radius 1 is 1.42 bits per heavy atom. The van der Waals surface area contributed by atoms with Crippen LogP contribution in [0.4, 0.5) is 19.0 Å². The van der Waals surface area contributed by atoms with Gasteiger partial charge >= 0.3 is 6.18 Å². The first-order valence-corrected chi connectivity index (χ1v) is 5.35. The fraction of sp³-hybridized carbons (Fsp3) is 0.500. The second kappa shape index (κ2) is 6.32. The van der Waals surface area contributed by atoms with Gasteiger partial charge < -0.3 is 15.3 Å². The number of aliphatic hydroxyl groups excluding tert-OH is 1. The van der Waals surface area contributed by atoms with Crippen molar-refractivity contribution in [3.05, 3.63) is 17.8 Å². The summed E-state index contributed by atoms with van der Waals surface area (Å²) >= 11 is 0. The zero-order valence-electron chi connectivity index (χ0n) is 10.1. The lowest BCUT2D eigenvalue weighted by atomic mass is 10.3. The highest BCUT2D eigenvalue weighted by molar-refractivity contribution is 5.92. The highest BCUT2D eigenvalue weighted by atomic mass is 19.4. The molecule has 9 heteroatoms. The molecule has 1 aromatic rings. The molecule has 0 spiro atoms. The molecule has 6 nitrogen and oxygen atoms in total. The molecule has 0 bridgehead atoms. The molecular weight excluding hydrogens is 265 g/mol. The predicted molar refractivity (Wildman–Crippen MR) is 60.6 cm³/mol. The van der Waals surface area contributed by atoms with E-state index in [0.29, 0.717) is 10.7 Å². The number of anilines is 1. The van der Waals surface area contributed by atoms with Crippen molar-refractivity contribution >= 4 is 11.7 Å². The molecule has 1 amide bonds. The Labute approximate surface area is 107 Å². The van der Waals surface area contributed by atoms with Crippen LogP contribution in [0.1, 0.15) is 10.5 Å². The molecule has 106 valence electrons. The van der Waals surface area contributed by atoms with Crippen molar-refractivity contribution in [2.24, 2.45) is 0 Å². The number of aliphatic hydroxyl groups is 1. The maximum atomic E-state index is 12.3. The molecule has 0 saturated heterocycles. The van der Waals surface area contributed by atoms with Crippen LogP contribution < -0.4 is 5.32 Å². The van der Waals surface area contributed by atoms with Gasteiger partial charge in [0.25, 0.3) is 5.91 Å². The summed E-state index contributed by atoms with van der Waals surface area (Å²) in [5.74, 6) is -0.539. The van der Waals surface area contributed by atoms with E-state index in [4.69, 9.17) is 5.11 Å². The van der Waals surface area contributed by atoms with Gasteiger partial charge in [-0.05, 0) is 12.1 Å². The van der Waals surface area contributed by atoms with Crippen LogP contribution in [0.3, 0.4) is 0 Å². The van der Waals surface area contributed by atoms with Crippen LogP contribution in [0, 0.1) is 0 Å². The number of carbonyl (C=O) groups excluding carboxylic acids is 1. The normalized spacial score (nSPS) is 11.2. The maximum Gasteiger partial charge on any atom is 0.406 e. The molecule has 1 aromatic heterocycles. The summed E-state index contributed by atoms with van der Waals surface area (Å²) < 4.78 is 36.9. The Kier molecular flexibility index (Phi) is 5.04. The zero-order chi connectivity index (χ0) is 14.5. The summed E-state index contributed by atoms with van der Waals surface area (Å²) in [7, 11) is 1.59. The van der Waals surface area contributed by atoms with Crippen LogP contribution in [0.25, 0.3) is 0 Å². The number of hydrogen-bond acceptors (Lipinski definition) is 5. The van der Waals surface area contributed by atoms with Gasteiger partial charge in [0.1, 0.15) is 12.4 Å². The summed E-state index contributed by atoms with van der Waals surface area (Å²) in [6.07, 6.45) is -4.54. The lowest BCUT2D eigenvalue weighted by molar-refractivity contribution is -0.141. The summed E-state index contributed by atoms with van der Waals surface area (Å²) in [5, 5.41) is 18.5. The number of amides is 1. The molecule has 1 rings (SSSR count). The summed E-state index contributed by atoms with van der Waals surface area (Å²) in [6, 6.07) is 2.69. The Balaban J connectivity index is 2.85. The Hall–Kier alpha value is -1.90. The third-order valence-electron chi connectivity index (χ3n) is 2.17. The van der Waals surface area contributed by atoms with E-state index < -0.39 is 31.8 Å². The Bertz CT molecular complexity index is 422. The molecule has 0 aliphatic heterocycles. The van der Waals surface area contributed by atoms with Gasteiger partial charge in [0, 0.05) is 13.6 Å². The van der Waals surface area contributed by atoms with Gasteiger partial charge in [0.15, 0.2) is 5.69 Å². The third-order valence-corrected chi connectivity index (χ3v) is 2.17. The number of hydrogen-bond donors (Lipinski definition) is 2. The minimum Gasteiger partial charge on any atom is -0.395 e. The molecular formula is C10H13F3N4O2. The van der Waals surface area contributed by atoms with Crippen molar-refractivity contribution in [2.75, 3.05) is 32.1 Å². The quantitative estimate of drug-likeness (QED) is 0.820. The molecule has 0 fully saturated rings. The first-order valence-electron chi connectivity index (χ1n) is 5.35. The van der Waals surface area contributed by atoms with E-state index in [0.717, 1.165) is 0 Å². The van der Waals surface area contributed by atoms with Crippen LogP contribution in [0.5, 0.6) is 0 Å². The van der Waals surface area contributed by atoms with E-state index in [1.54, 1.807) is 7.05 Å². The Morgan fingerprint density at radius 3 is 2.53 bits per heavy atom. The zero-order valence-corrected chi connectivity index (χ0v) is 10.1. The number of halogens is 3. The van der Waals surface area contributed by atoms with Gasteiger partial charge in [-0.25, -0.2) is 0 Å². The average molecular weight is 278 g/mol. The van der Waals surface area contributed by atoms with E-state index >= 15 is 0 Å². The highest BCUT2D eigenvalue weighted by Crippen LogP contribution is 2.17. The smallest absolute Gasteiger partial charge is 0.395 e. The third kappa shape index (κ3) is 4.70. The molecule has 2 N–H and O–H groups in total. The Morgan fingerprint density at radius 2 is 2.11 bits per heavy atom. The van der Waals surface area contributed by atoms with Gasteiger partial charge in [-0.15, -0.1) is 10.2 Å². The molecule has 0 aliphatic rings. The molecule has 0 aromatic carbocycles. The van der Waals surface area contributed by atoms with Crippen LogP contribution in [0.2, 0.25) is 0 Å². The van der Waals surface area contributed by atoms with Gasteiger partial charge in [-0.1, -0.05) is 0 Å². The highest BCUT2D eigenvalue weighted by Gasteiger charge is 2.33. The minimum absolute atomic E-state index is 0.211. The van der Waals surface area contributed by atoms with Crippen molar-refractivity contribution < 1.29 is 23.1 Å². The fourth-order valence-corrected chi connectivity index (χ4v) is 1.33. The van der Waals surface area contributed by atoms with Crippen molar-refractivity contribution in [3.8, 4) is 0 Å². The first-order chi connectivity index (χ1) is 8.87. The molecule has 0 aliphatic carbocycles. The molecule has 19 heavy (non-hydrogen) atoms. The molecule has 0 unspecified atom stereocenters. The number of nitrogens with one attached hydrogen (secondary N) is 1. The predicted octanol–water partition coefficient (Wildman–Crippen LogP) is 0.515. The number of alkyl halides is 3. The van der Waals surface area contributed by atoms with Crippen molar-refractivity contribution in [2.45, 2.75) is 6.18 Å². The molecule has 0 radical (unpaired) electrons. The number of rotatable bonds is 5. The van der Waals surface area contributed by atoms with Gasteiger partial charge in [0.2, 0.25) is 0 Å². The van der Waals surface area contributed by atoms with Gasteiger partial charge in [-0.3, -0.25) is 4.79 Å². The average Bonchev–Trinajstić information content (AvgIpc) is 2.36. The first kappa shape index (κ1) is 15.2. The summed E-state index contributed by atoms with van der Waals surface area (Å²) in [4.78, 5) is 12.3. The maximum absolute atomic E-state index is 12.3. The van der Waals surface area contributed by atoms with E-state index in [9.17, 15) is 18.0 Å². The number of carbonyl (C=O) groups is 1. The number of nitrogens with zero attached hydrogens (tertiary/aromatic N) is 3. The van der Waals surface area contributed by atoms with Crippen LogP contribution in [-0.2, 0) is 0 Å². The van der Waals surface area contributed by atoms with E-state index in [2.05, 4.69) is 15.5 Å². The number of aromatic nitrogens is 2. The topological polar surface area (TPSA) is 78.4 Å². The summed E-state index contributed by atoms with van der Waals surface area (Å²) in [5.41, 5.74) is -0.211. The monoisotopic (exact) mass is 278 g/mol. The fourth-order valence-electron chi connectivity index (χ4n) is 1.33. The second-order valence-electron chi connectivity index (χ2n) is 3.62. The lowest BCUT2D eigenvalue weighted by Crippen LogP contribution is -2.41. The summed E-state index contributed by atoms with van der Waals surface area (Å²) in [6.45, 7) is -2.43. The molecule has 1 heterocycles. The van der Waals surface area contributed by atoms with Crippen molar-refractivity contribution in [3.63, 3.8) is 0 Å². The molecule has 0 saturated carbocycles. The van der Waals surface area contributed by atoms with E-state index in [1.165, 1.54) is 12.1 Å². The van der Waals surface area contributed by atoms with E-state index in [1.807, 2.05) is 0 Å². The van der Waals surface area contributed by atoms with Crippen molar-refractivity contribution in [1.82, 2.24) is 15.1 Å². The van der Waals surface area contributed by atoms with Crippen LogP contribution in [-0.4, -0.2) is 59.0 Å². The molecule has 0 atom stereocenters. The largest absolute Gasteiger partial charge is 0.406 e. The minimum atomic E-state index is -4.54. The van der Waals surface area contributed by atoms with E-state index in [-0.39, 0.29) is 5.69 Å². The lowest BCUT2D eigenvalue weighted by Gasteiger charge is -2.22.